The molecular formula is C8H13NO2. The van der Waals surface area contributed by atoms with Crippen molar-refractivity contribution in [1.29, 1.82) is 0 Å². The van der Waals surface area contributed by atoms with Gasteiger partial charge in [-0.1, -0.05) is 12.2 Å². The fourth-order valence-electron chi connectivity index (χ4n) is 1.61. The summed E-state index contributed by atoms with van der Waals surface area (Å²) in [5, 5.41) is 0. The van der Waals surface area contributed by atoms with Crippen molar-refractivity contribution in [3.63, 3.8) is 0 Å². The molecule has 1 saturated heterocycles. The zero-order chi connectivity index (χ0) is 8.06. The zero-order valence-electron chi connectivity index (χ0n) is 6.78. The van der Waals surface area contributed by atoms with Crippen molar-refractivity contribution in [3.05, 3.63) is 12.2 Å². The third kappa shape index (κ3) is 1.09. The van der Waals surface area contributed by atoms with Crippen LogP contribution < -0.4 is 5.73 Å². The van der Waals surface area contributed by atoms with Gasteiger partial charge in [0.05, 0.1) is 6.04 Å². The SMILES string of the molecule is CC1(C)O[C@H]2[C@H](C=C[C@@H]2N)O1. The van der Waals surface area contributed by atoms with E-state index in [2.05, 4.69) is 0 Å². The van der Waals surface area contributed by atoms with E-state index in [-0.39, 0.29) is 18.2 Å². The number of hydrogen-bond acceptors (Lipinski definition) is 3. The Morgan fingerprint density at radius 2 is 2.00 bits per heavy atom. The monoisotopic (exact) mass is 155 g/mol. The minimum atomic E-state index is -0.461. The molecule has 0 unspecified atom stereocenters. The van der Waals surface area contributed by atoms with Gasteiger partial charge in [-0.3, -0.25) is 0 Å². The van der Waals surface area contributed by atoms with Crippen LogP contribution in [0.1, 0.15) is 13.8 Å². The van der Waals surface area contributed by atoms with Gasteiger partial charge in [-0.15, -0.1) is 0 Å². The van der Waals surface area contributed by atoms with E-state index in [9.17, 15) is 0 Å². The van der Waals surface area contributed by atoms with E-state index in [0.717, 1.165) is 0 Å². The van der Waals surface area contributed by atoms with E-state index >= 15 is 0 Å². The smallest absolute Gasteiger partial charge is 0.164 e. The molecule has 0 saturated carbocycles. The summed E-state index contributed by atoms with van der Waals surface area (Å²) >= 11 is 0. The van der Waals surface area contributed by atoms with Gasteiger partial charge in [0.2, 0.25) is 0 Å². The fourth-order valence-corrected chi connectivity index (χ4v) is 1.61. The molecule has 1 aliphatic carbocycles. The molecule has 2 N–H and O–H groups in total. The van der Waals surface area contributed by atoms with Crippen LogP contribution in [0.5, 0.6) is 0 Å². The van der Waals surface area contributed by atoms with E-state index in [1.807, 2.05) is 26.0 Å². The minimum absolute atomic E-state index is 0.00164. The van der Waals surface area contributed by atoms with Crippen molar-refractivity contribution in [2.45, 2.75) is 37.9 Å². The number of ether oxygens (including phenoxy) is 2. The zero-order valence-corrected chi connectivity index (χ0v) is 6.78. The number of rotatable bonds is 0. The van der Waals surface area contributed by atoms with Crippen molar-refractivity contribution >= 4 is 0 Å². The van der Waals surface area contributed by atoms with Crippen LogP contribution in [-0.4, -0.2) is 24.0 Å². The van der Waals surface area contributed by atoms with Gasteiger partial charge in [0.25, 0.3) is 0 Å². The lowest BCUT2D eigenvalue weighted by molar-refractivity contribution is -0.144. The van der Waals surface area contributed by atoms with E-state index in [0.29, 0.717) is 0 Å². The molecule has 0 bridgehead atoms. The average molecular weight is 155 g/mol. The third-order valence-electron chi connectivity index (χ3n) is 2.07. The molecule has 0 radical (unpaired) electrons. The summed E-state index contributed by atoms with van der Waals surface area (Å²) in [4.78, 5) is 0. The Morgan fingerprint density at radius 1 is 1.27 bits per heavy atom. The second-order valence-electron chi connectivity index (χ2n) is 3.53. The van der Waals surface area contributed by atoms with Crippen LogP contribution in [-0.2, 0) is 9.47 Å². The lowest BCUT2D eigenvalue weighted by Crippen LogP contribution is -2.35. The van der Waals surface area contributed by atoms with Crippen molar-refractivity contribution < 1.29 is 9.47 Å². The predicted molar refractivity (Wildman–Crippen MR) is 40.9 cm³/mol. The fraction of sp³-hybridized carbons (Fsp3) is 0.750. The Balaban J connectivity index is 2.15. The minimum Gasteiger partial charge on any atom is -0.342 e. The first kappa shape index (κ1) is 7.28. The highest BCUT2D eigenvalue weighted by molar-refractivity contribution is 5.14. The molecule has 0 aromatic heterocycles. The molecule has 0 aromatic carbocycles. The topological polar surface area (TPSA) is 44.5 Å². The molecule has 2 rings (SSSR count). The first-order valence-corrected chi connectivity index (χ1v) is 3.88. The van der Waals surface area contributed by atoms with Gasteiger partial charge in [-0.25, -0.2) is 0 Å². The van der Waals surface area contributed by atoms with E-state index < -0.39 is 5.79 Å². The second kappa shape index (κ2) is 2.06. The van der Waals surface area contributed by atoms with Crippen molar-refractivity contribution in [2.75, 3.05) is 0 Å². The Labute approximate surface area is 66.2 Å². The number of fused-ring (bicyclic) bond motifs is 1. The molecular weight excluding hydrogens is 142 g/mol. The summed E-state index contributed by atoms with van der Waals surface area (Å²) in [6.45, 7) is 3.82. The Morgan fingerprint density at radius 3 is 2.64 bits per heavy atom. The Kier molecular flexibility index (Phi) is 1.36. The summed E-state index contributed by atoms with van der Waals surface area (Å²) in [5.74, 6) is -0.461. The summed E-state index contributed by atoms with van der Waals surface area (Å²) in [5.41, 5.74) is 5.75. The van der Waals surface area contributed by atoms with Gasteiger partial charge in [0, 0.05) is 0 Å². The van der Waals surface area contributed by atoms with Gasteiger partial charge < -0.3 is 15.2 Å². The van der Waals surface area contributed by atoms with Crippen molar-refractivity contribution in [1.82, 2.24) is 0 Å². The molecule has 0 aromatic rings. The van der Waals surface area contributed by atoms with Gasteiger partial charge in [-0.2, -0.15) is 0 Å². The molecule has 62 valence electrons. The lowest BCUT2D eigenvalue weighted by atomic mass is 10.2. The predicted octanol–water partition coefficient (Wildman–Crippen LogP) is 0.404. The van der Waals surface area contributed by atoms with Gasteiger partial charge >= 0.3 is 0 Å². The molecule has 11 heavy (non-hydrogen) atoms. The summed E-state index contributed by atoms with van der Waals surface area (Å²) in [7, 11) is 0. The third-order valence-corrected chi connectivity index (χ3v) is 2.07. The molecule has 1 heterocycles. The van der Waals surface area contributed by atoms with Crippen LogP contribution >= 0.6 is 0 Å². The molecule has 3 heteroatoms. The van der Waals surface area contributed by atoms with Gasteiger partial charge in [0.15, 0.2) is 5.79 Å². The highest BCUT2D eigenvalue weighted by Crippen LogP contribution is 2.33. The van der Waals surface area contributed by atoms with Crippen molar-refractivity contribution in [2.24, 2.45) is 5.73 Å². The van der Waals surface area contributed by atoms with Crippen LogP contribution in [0.4, 0.5) is 0 Å². The highest BCUT2D eigenvalue weighted by atomic mass is 16.8. The van der Waals surface area contributed by atoms with Crippen LogP contribution in [0.2, 0.25) is 0 Å². The number of hydrogen-bond donors (Lipinski definition) is 1. The summed E-state index contributed by atoms with van der Waals surface area (Å²) in [6.07, 6.45) is 4.01. The molecule has 1 fully saturated rings. The van der Waals surface area contributed by atoms with Crippen LogP contribution in [0, 0.1) is 0 Å². The maximum Gasteiger partial charge on any atom is 0.164 e. The summed E-state index contributed by atoms with van der Waals surface area (Å²) < 4.78 is 11.1. The Hall–Kier alpha value is -0.380. The van der Waals surface area contributed by atoms with E-state index in [1.165, 1.54) is 0 Å². The highest BCUT2D eigenvalue weighted by Gasteiger charge is 2.44. The van der Waals surface area contributed by atoms with E-state index in [1.54, 1.807) is 0 Å². The standard InChI is InChI=1S/C8H13NO2/c1-8(2)10-6-4-3-5(9)7(6)11-8/h3-7H,9H2,1-2H3/t5-,6-,7+/m0/s1. The van der Waals surface area contributed by atoms with E-state index in [4.69, 9.17) is 15.2 Å². The molecule has 0 spiro atoms. The van der Waals surface area contributed by atoms with Gasteiger partial charge in [-0.05, 0) is 13.8 Å². The largest absolute Gasteiger partial charge is 0.342 e. The maximum absolute atomic E-state index is 5.75. The van der Waals surface area contributed by atoms with Crippen LogP contribution in [0.15, 0.2) is 12.2 Å². The lowest BCUT2D eigenvalue weighted by Gasteiger charge is -2.18. The quantitative estimate of drug-likeness (QED) is 0.515. The van der Waals surface area contributed by atoms with Crippen molar-refractivity contribution in [3.8, 4) is 0 Å². The normalized spacial score (nSPS) is 46.3. The first-order chi connectivity index (χ1) is 5.08. The maximum atomic E-state index is 5.75. The van der Waals surface area contributed by atoms with Crippen LogP contribution in [0.25, 0.3) is 0 Å². The molecule has 3 nitrogen and oxygen atoms in total. The van der Waals surface area contributed by atoms with Crippen LogP contribution in [0.3, 0.4) is 0 Å². The average Bonchev–Trinajstić information content (AvgIpc) is 2.31. The van der Waals surface area contributed by atoms with Gasteiger partial charge in [0.1, 0.15) is 12.2 Å². The number of nitrogens with two attached hydrogens (primary N) is 1. The molecule has 0 amide bonds. The summed E-state index contributed by atoms with van der Waals surface area (Å²) in [6, 6.07) is 0.00164. The second-order valence-corrected chi connectivity index (χ2v) is 3.53. The molecule has 2 aliphatic rings. The first-order valence-electron chi connectivity index (χ1n) is 3.88. The Bertz CT molecular complexity index is 200. The molecule has 3 atom stereocenters. The molecule has 1 aliphatic heterocycles.